The Morgan fingerprint density at radius 1 is 0.235 bits per heavy atom. The number of rotatable bonds is 10. The van der Waals surface area contributed by atoms with Crippen LogP contribution in [0.4, 0.5) is 0 Å². The molecular formula is C95H64N6O. The third kappa shape index (κ3) is 9.35. The summed E-state index contributed by atoms with van der Waals surface area (Å²) in [5.41, 5.74) is 26.0. The first-order chi connectivity index (χ1) is 50.3. The first-order valence-corrected chi connectivity index (χ1v) is 34.8. The Hall–Kier alpha value is -13.1. The fraction of sp³-hybridized carbons (Fsp3) is 0.0526. The highest BCUT2D eigenvalue weighted by molar-refractivity contribution is 6.13. The molecule has 0 unspecified atom stereocenters. The van der Waals surface area contributed by atoms with Gasteiger partial charge in [-0.25, -0.2) is 29.9 Å². The molecule has 14 aromatic carbocycles. The minimum atomic E-state index is -0.587. The number of para-hydroxylation sites is 1. The van der Waals surface area contributed by atoms with Crippen molar-refractivity contribution in [2.75, 3.05) is 0 Å². The lowest BCUT2D eigenvalue weighted by atomic mass is 9.67. The quantitative estimate of drug-likeness (QED) is 0.135. The van der Waals surface area contributed by atoms with Crippen LogP contribution in [0.3, 0.4) is 0 Å². The van der Waals surface area contributed by atoms with Crippen molar-refractivity contribution in [3.63, 3.8) is 0 Å². The summed E-state index contributed by atoms with van der Waals surface area (Å²) in [5.74, 6) is 3.86. The van der Waals surface area contributed by atoms with E-state index in [0.717, 1.165) is 60.9 Å². The Bertz CT molecular complexity index is 5890. The standard InChI is InChI=1S/C49H35N3.C46H29N3O/c1-48(2)40-30-29-35(49(34-21-10-5-11-22-34)41-26-14-12-23-36(41)37-24-13-15-27-42(37)49)31-39(40)44-38(25-16-28-43(44)48)47-51-45(32-17-6-3-7-18-32)50-46(52-47)33-19-8-4-9-20-33;1-4-16-30(17-5-1)43-47-44(31-18-6-2-7-19-31)49-45(48-43)36-25-15-29-40-41(36)35-24-14-28-39(42(35)50-40)46(32-20-8-3-9-21-32)37-26-12-10-22-33(37)34-23-11-13-27-38(34)46/h3-31H,1-2H3;1-29H. The maximum Gasteiger partial charge on any atom is 0.164 e. The molecule has 7 heteroatoms. The zero-order chi connectivity index (χ0) is 67.9. The van der Waals surface area contributed by atoms with Crippen molar-refractivity contribution in [2.45, 2.75) is 30.1 Å². The molecule has 3 heterocycles. The Morgan fingerprint density at radius 3 is 1.05 bits per heavy atom. The molecule has 0 spiro atoms. The average Bonchev–Trinajstić information content (AvgIpc) is 1.53. The van der Waals surface area contributed by atoms with E-state index in [0.29, 0.717) is 34.9 Å². The minimum Gasteiger partial charge on any atom is -0.456 e. The first kappa shape index (κ1) is 60.1. The van der Waals surface area contributed by atoms with Gasteiger partial charge >= 0.3 is 0 Å². The summed E-state index contributed by atoms with van der Waals surface area (Å²) in [6.07, 6.45) is 0. The van der Waals surface area contributed by atoms with Crippen LogP contribution in [0.25, 0.3) is 124 Å². The van der Waals surface area contributed by atoms with Crippen LogP contribution in [0.2, 0.25) is 0 Å². The number of benzene rings is 14. The maximum absolute atomic E-state index is 6.99. The van der Waals surface area contributed by atoms with Crippen LogP contribution in [-0.4, -0.2) is 29.9 Å². The molecule has 0 saturated heterocycles. The third-order valence-corrected chi connectivity index (χ3v) is 21.3. The van der Waals surface area contributed by atoms with E-state index in [1.54, 1.807) is 0 Å². The smallest absolute Gasteiger partial charge is 0.164 e. The molecule has 480 valence electrons. The van der Waals surface area contributed by atoms with Crippen molar-refractivity contribution in [2.24, 2.45) is 0 Å². The molecular weight excluding hydrogens is 1240 g/mol. The molecule has 0 radical (unpaired) electrons. The van der Waals surface area contributed by atoms with Crippen LogP contribution in [0.5, 0.6) is 0 Å². The SMILES string of the molecule is CC1(C)c2ccc(C3(c4ccccc4)c4ccccc4-c4ccccc43)cc2-c2c(-c3nc(-c4ccccc4)nc(-c4ccccc4)n3)cccc21.c1ccc(-c2nc(-c3ccccc3)nc(-c3cccc4oc5c(C6(c7ccccc7)c7ccccc7-c7ccccc76)cccc5c34)n2)cc1. The van der Waals surface area contributed by atoms with Gasteiger partial charge in [0, 0.05) is 55.1 Å². The van der Waals surface area contributed by atoms with E-state index in [1.807, 2.05) is 109 Å². The van der Waals surface area contributed by atoms with E-state index in [2.05, 4.69) is 257 Å². The van der Waals surface area contributed by atoms with Gasteiger partial charge in [0.05, 0.1) is 10.8 Å². The van der Waals surface area contributed by atoms with E-state index < -0.39 is 10.8 Å². The molecule has 0 atom stereocenters. The molecule has 0 bridgehead atoms. The monoisotopic (exact) mass is 1300 g/mol. The summed E-state index contributed by atoms with van der Waals surface area (Å²) < 4.78 is 6.99. The van der Waals surface area contributed by atoms with Crippen molar-refractivity contribution in [3.05, 3.63) is 407 Å². The minimum absolute atomic E-state index is 0.220. The van der Waals surface area contributed by atoms with Gasteiger partial charge in [0.1, 0.15) is 11.2 Å². The molecule has 102 heavy (non-hydrogen) atoms. The van der Waals surface area contributed by atoms with E-state index in [1.165, 1.54) is 83.5 Å². The van der Waals surface area contributed by atoms with Crippen LogP contribution < -0.4 is 0 Å². The van der Waals surface area contributed by atoms with Crippen molar-refractivity contribution in [3.8, 4) is 102 Å². The van der Waals surface area contributed by atoms with Gasteiger partial charge in [-0.15, -0.1) is 0 Å². The number of nitrogens with zero attached hydrogens (tertiary/aromatic N) is 6. The number of furan rings is 1. The van der Waals surface area contributed by atoms with Gasteiger partial charge in [0.25, 0.3) is 0 Å². The Kier molecular flexibility index (Phi) is 14.2. The molecule has 0 amide bonds. The predicted molar refractivity (Wildman–Crippen MR) is 412 cm³/mol. The second-order valence-electron chi connectivity index (χ2n) is 27.1. The van der Waals surface area contributed by atoms with Gasteiger partial charge in [0.15, 0.2) is 34.9 Å². The second kappa shape index (κ2) is 24.1. The fourth-order valence-corrected chi connectivity index (χ4v) is 16.8. The molecule has 0 N–H and O–H groups in total. The highest BCUT2D eigenvalue weighted by Crippen LogP contribution is 2.61. The molecule has 3 aromatic heterocycles. The Labute approximate surface area is 592 Å². The van der Waals surface area contributed by atoms with Gasteiger partial charge in [-0.1, -0.05) is 354 Å². The Balaban J connectivity index is 0.000000141. The van der Waals surface area contributed by atoms with Crippen molar-refractivity contribution in [1.29, 1.82) is 0 Å². The zero-order valence-corrected chi connectivity index (χ0v) is 56.1. The summed E-state index contributed by atoms with van der Waals surface area (Å²) in [6, 6.07) is 124. The van der Waals surface area contributed by atoms with Crippen LogP contribution in [0.1, 0.15) is 69.5 Å². The van der Waals surface area contributed by atoms with Gasteiger partial charge < -0.3 is 4.42 Å². The van der Waals surface area contributed by atoms with Gasteiger partial charge in [0.2, 0.25) is 0 Å². The molecule has 0 fully saturated rings. The van der Waals surface area contributed by atoms with E-state index in [4.69, 9.17) is 34.3 Å². The molecule has 0 saturated carbocycles. The number of hydrogen-bond donors (Lipinski definition) is 0. The Morgan fingerprint density at radius 2 is 0.578 bits per heavy atom. The van der Waals surface area contributed by atoms with Crippen LogP contribution in [-0.2, 0) is 16.2 Å². The van der Waals surface area contributed by atoms with Crippen molar-refractivity contribution >= 4 is 21.9 Å². The summed E-state index contributed by atoms with van der Waals surface area (Å²) in [6.45, 7) is 4.68. The first-order valence-electron chi connectivity index (χ1n) is 34.8. The number of fused-ring (bicyclic) bond motifs is 12. The van der Waals surface area contributed by atoms with Crippen LogP contribution in [0.15, 0.2) is 356 Å². The zero-order valence-electron chi connectivity index (χ0n) is 56.1. The largest absolute Gasteiger partial charge is 0.456 e. The van der Waals surface area contributed by atoms with Gasteiger partial charge in [-0.05, 0) is 95.6 Å². The lowest BCUT2D eigenvalue weighted by Crippen LogP contribution is -2.28. The molecule has 20 rings (SSSR count). The average molecular weight is 1310 g/mol. The predicted octanol–water partition coefficient (Wildman–Crippen LogP) is 22.7. The topological polar surface area (TPSA) is 90.5 Å². The number of hydrogen-bond acceptors (Lipinski definition) is 7. The highest BCUT2D eigenvalue weighted by atomic mass is 16.3. The van der Waals surface area contributed by atoms with E-state index in [9.17, 15) is 0 Å². The molecule has 7 nitrogen and oxygen atoms in total. The maximum atomic E-state index is 6.99. The van der Waals surface area contributed by atoms with Gasteiger partial charge in [-0.2, -0.15) is 0 Å². The summed E-state index contributed by atoms with van der Waals surface area (Å²) in [4.78, 5) is 30.5. The molecule has 17 aromatic rings. The molecule has 3 aliphatic rings. The highest BCUT2D eigenvalue weighted by Gasteiger charge is 2.49. The summed E-state index contributed by atoms with van der Waals surface area (Å²) in [7, 11) is 0. The van der Waals surface area contributed by atoms with E-state index >= 15 is 0 Å². The van der Waals surface area contributed by atoms with Crippen LogP contribution >= 0.6 is 0 Å². The normalized spacial score (nSPS) is 13.6. The van der Waals surface area contributed by atoms with E-state index in [-0.39, 0.29) is 5.41 Å². The summed E-state index contributed by atoms with van der Waals surface area (Å²) in [5, 5.41) is 2.00. The lowest BCUT2D eigenvalue weighted by molar-refractivity contribution is 0.648. The lowest BCUT2D eigenvalue weighted by Gasteiger charge is -2.34. The fourth-order valence-electron chi connectivity index (χ4n) is 16.8. The number of aromatic nitrogens is 6. The molecule has 3 aliphatic carbocycles. The van der Waals surface area contributed by atoms with Crippen molar-refractivity contribution < 1.29 is 4.42 Å². The summed E-state index contributed by atoms with van der Waals surface area (Å²) >= 11 is 0. The second-order valence-corrected chi connectivity index (χ2v) is 27.1. The van der Waals surface area contributed by atoms with Crippen LogP contribution in [0, 0.1) is 0 Å². The third-order valence-electron chi connectivity index (χ3n) is 21.3. The van der Waals surface area contributed by atoms with Gasteiger partial charge in [-0.3, -0.25) is 0 Å². The molecule has 0 aliphatic heterocycles. The van der Waals surface area contributed by atoms with Crippen molar-refractivity contribution in [1.82, 2.24) is 29.9 Å².